The summed E-state index contributed by atoms with van der Waals surface area (Å²) < 4.78 is 0. The van der Waals surface area contributed by atoms with Crippen LogP contribution in [-0.2, 0) is 5.41 Å². The highest BCUT2D eigenvalue weighted by atomic mass is 14.5. The van der Waals surface area contributed by atoms with Gasteiger partial charge in [0.1, 0.15) is 0 Å². The third-order valence-corrected chi connectivity index (χ3v) is 16.6. The Kier molecular flexibility index (Phi) is 7.26. The van der Waals surface area contributed by atoms with E-state index in [1.807, 2.05) is 0 Å². The van der Waals surface area contributed by atoms with Crippen molar-refractivity contribution in [2.45, 2.75) is 65.2 Å². The van der Waals surface area contributed by atoms with Gasteiger partial charge in [0.15, 0.2) is 0 Å². The van der Waals surface area contributed by atoms with Gasteiger partial charge in [-0.25, -0.2) is 0 Å². The van der Waals surface area contributed by atoms with Crippen molar-refractivity contribution in [1.29, 1.82) is 0 Å². The van der Waals surface area contributed by atoms with Gasteiger partial charge in [0, 0.05) is 17.3 Å². The van der Waals surface area contributed by atoms with E-state index in [2.05, 4.69) is 179 Å². The van der Waals surface area contributed by atoms with E-state index in [-0.39, 0.29) is 10.8 Å². The summed E-state index contributed by atoms with van der Waals surface area (Å²) in [5.74, 6) is 2.64. The Bertz CT molecular complexity index is 3090. The molecule has 0 radical (unpaired) electrons. The molecule has 0 aliphatic heterocycles. The summed E-state index contributed by atoms with van der Waals surface area (Å²) in [7, 11) is 0. The number of hydrogen-bond donors (Lipinski definition) is 0. The second-order valence-electron chi connectivity index (χ2n) is 20.1. The molecule has 8 aliphatic rings. The van der Waals surface area contributed by atoms with E-state index in [0.717, 1.165) is 19.3 Å². The van der Waals surface area contributed by atoms with Crippen molar-refractivity contribution in [3.8, 4) is 11.1 Å². The van der Waals surface area contributed by atoms with Crippen LogP contribution in [0.15, 0.2) is 191 Å². The van der Waals surface area contributed by atoms with Crippen LogP contribution in [-0.4, -0.2) is 0 Å². The number of benzene rings is 5. The number of fused-ring (bicyclic) bond motifs is 17. The third kappa shape index (κ3) is 4.69. The molecule has 0 spiro atoms. The minimum absolute atomic E-state index is 0.116. The van der Waals surface area contributed by atoms with Crippen LogP contribution in [0.4, 0.5) is 0 Å². The van der Waals surface area contributed by atoms with Crippen molar-refractivity contribution < 1.29 is 0 Å². The van der Waals surface area contributed by atoms with Crippen molar-refractivity contribution in [3.63, 3.8) is 0 Å². The molecule has 0 bridgehead atoms. The molecule has 0 aromatic heterocycles. The molecule has 5 aromatic carbocycles. The first-order valence-electron chi connectivity index (χ1n) is 22.8. The van der Waals surface area contributed by atoms with Gasteiger partial charge in [-0.2, -0.15) is 0 Å². The summed E-state index contributed by atoms with van der Waals surface area (Å²) in [4.78, 5) is 0. The van der Waals surface area contributed by atoms with Crippen molar-refractivity contribution in [1.82, 2.24) is 0 Å². The summed E-state index contributed by atoms with van der Waals surface area (Å²) >= 11 is 0. The fourth-order valence-corrected chi connectivity index (χ4v) is 13.7. The van der Waals surface area contributed by atoms with Gasteiger partial charge in [0.05, 0.1) is 0 Å². The van der Waals surface area contributed by atoms with Gasteiger partial charge in [-0.1, -0.05) is 173 Å². The molecule has 8 aliphatic carbocycles. The van der Waals surface area contributed by atoms with Gasteiger partial charge in [-0.3, -0.25) is 0 Å². The zero-order valence-electron chi connectivity index (χ0n) is 35.4. The molecule has 5 aromatic rings. The highest BCUT2D eigenvalue weighted by molar-refractivity contribution is 6.27. The van der Waals surface area contributed by atoms with E-state index in [0.29, 0.717) is 29.6 Å². The van der Waals surface area contributed by atoms with E-state index in [9.17, 15) is 0 Å². The molecule has 5 atom stereocenters. The second-order valence-corrected chi connectivity index (χ2v) is 20.1. The maximum atomic E-state index is 2.65. The number of allylic oxidation sites excluding steroid dienone is 20. The largest absolute Gasteiger partial charge is 0.0839 e. The zero-order chi connectivity index (χ0) is 40.1. The zero-order valence-corrected chi connectivity index (χ0v) is 35.4. The number of rotatable bonds is 2. The average molecular weight is 773 g/mol. The first-order chi connectivity index (χ1) is 29.3. The highest BCUT2D eigenvalue weighted by Crippen LogP contribution is 2.60. The predicted molar refractivity (Wildman–Crippen MR) is 254 cm³/mol. The predicted octanol–water partition coefficient (Wildman–Crippen LogP) is 15.6. The van der Waals surface area contributed by atoms with Gasteiger partial charge in [0.2, 0.25) is 0 Å². The minimum Gasteiger partial charge on any atom is -0.0839 e. The van der Waals surface area contributed by atoms with Gasteiger partial charge >= 0.3 is 0 Å². The number of hydrogen-bond acceptors (Lipinski definition) is 0. The van der Waals surface area contributed by atoms with Gasteiger partial charge in [-0.05, 0) is 166 Å². The van der Waals surface area contributed by atoms with Crippen LogP contribution < -0.4 is 0 Å². The maximum absolute atomic E-state index is 2.65. The van der Waals surface area contributed by atoms with E-state index < -0.39 is 0 Å². The summed E-state index contributed by atoms with van der Waals surface area (Å²) in [5, 5.41) is 8.17. The monoisotopic (exact) mass is 772 g/mol. The Morgan fingerprint density at radius 3 is 2.25 bits per heavy atom. The maximum Gasteiger partial charge on any atom is 0.0165 e. The quantitative estimate of drug-likeness (QED) is 0.157. The molecular weight excluding hydrogens is 721 g/mol. The fourth-order valence-electron chi connectivity index (χ4n) is 13.7. The summed E-state index contributed by atoms with van der Waals surface area (Å²) in [6.45, 7) is 9.91. The standard InChI is InChI=1S/C60H52/c1-59(2)54-28-22-37(35-21-25-46-41-15-6-5-13-39(41)40-14-8-10-19-45(40)50(46)31-35)33-52(54)53-34-38(23-29-55(53)59)36-24-30-56-51(32-36)49-27-26-48-44-18-9-7-16-42(44)43-17-11-12-20-47(43)57(48)58(49)60(56,3)4/h5-9,11-18,20-24,26-28,30-32,34,37,39,41,46,55H,10,19,25,29,33H2,1-4H3. The lowest BCUT2D eigenvalue weighted by Gasteiger charge is -2.43. The summed E-state index contributed by atoms with van der Waals surface area (Å²) in [6, 6.07) is 30.3. The Hall–Kier alpha value is -5.72. The Morgan fingerprint density at radius 2 is 1.42 bits per heavy atom. The molecule has 0 fully saturated rings. The van der Waals surface area contributed by atoms with Crippen molar-refractivity contribution in [2.75, 3.05) is 0 Å². The minimum atomic E-state index is -0.116. The van der Waals surface area contributed by atoms with Crippen LogP contribution in [0.25, 0.3) is 49.0 Å². The van der Waals surface area contributed by atoms with Gasteiger partial charge in [0.25, 0.3) is 0 Å². The van der Waals surface area contributed by atoms with Crippen LogP contribution in [0.5, 0.6) is 0 Å². The molecule has 0 heterocycles. The lowest BCUT2D eigenvalue weighted by atomic mass is 9.60. The highest BCUT2D eigenvalue weighted by Gasteiger charge is 2.47. The van der Waals surface area contributed by atoms with E-state index in [1.165, 1.54) is 78.5 Å². The molecule has 0 amide bonds. The molecule has 5 unspecified atom stereocenters. The molecule has 292 valence electrons. The average Bonchev–Trinajstić information content (AvgIpc) is 3.67. The molecule has 0 saturated heterocycles. The van der Waals surface area contributed by atoms with E-state index in [1.54, 1.807) is 39.0 Å². The molecule has 60 heavy (non-hydrogen) atoms. The first kappa shape index (κ1) is 35.1. The fraction of sp³-hybridized carbons (Fsp3) is 0.267. The van der Waals surface area contributed by atoms with E-state index in [4.69, 9.17) is 0 Å². The third-order valence-electron chi connectivity index (χ3n) is 16.6. The van der Waals surface area contributed by atoms with Crippen LogP contribution >= 0.6 is 0 Å². The molecule has 0 N–H and O–H groups in total. The Labute approximate surface area is 355 Å². The van der Waals surface area contributed by atoms with E-state index >= 15 is 0 Å². The normalized spacial score (nSPS) is 27.4. The Balaban J connectivity index is 0.868. The Morgan fingerprint density at radius 1 is 0.650 bits per heavy atom. The summed E-state index contributed by atoms with van der Waals surface area (Å²) in [5.41, 5.74) is 19.7. The van der Waals surface area contributed by atoms with Crippen LogP contribution in [0.2, 0.25) is 0 Å². The smallest absolute Gasteiger partial charge is 0.0165 e. The molecular formula is C60H52. The SMILES string of the molecule is CC1(C)c2ccc(C3=CCC4C(=C3)C3=C(C=CC(C5=CCC6C(=C5)C5=C(C=CCC5)C5C=CC=CC56)C3)C4(C)C)cc2-c2ccc3c4ccccc4c4ccccc4c3c21. The lowest BCUT2D eigenvalue weighted by molar-refractivity contribution is 0.336. The van der Waals surface area contributed by atoms with Crippen LogP contribution in [0.1, 0.15) is 76.5 Å². The summed E-state index contributed by atoms with van der Waals surface area (Å²) in [6.07, 6.45) is 35.7. The van der Waals surface area contributed by atoms with Crippen molar-refractivity contribution in [2.24, 2.45) is 35.0 Å². The van der Waals surface area contributed by atoms with Crippen LogP contribution in [0.3, 0.4) is 0 Å². The molecule has 0 heteroatoms. The van der Waals surface area contributed by atoms with Gasteiger partial charge in [-0.15, -0.1) is 0 Å². The first-order valence-corrected chi connectivity index (χ1v) is 22.8. The van der Waals surface area contributed by atoms with Crippen molar-refractivity contribution in [3.05, 3.63) is 207 Å². The topological polar surface area (TPSA) is 0 Å². The molecule has 0 saturated carbocycles. The molecule has 0 nitrogen and oxygen atoms in total. The van der Waals surface area contributed by atoms with Crippen molar-refractivity contribution >= 4 is 37.9 Å². The lowest BCUT2D eigenvalue weighted by Crippen LogP contribution is -2.33. The second kappa shape index (κ2) is 12.4. The van der Waals surface area contributed by atoms with Crippen LogP contribution in [0, 0.1) is 35.0 Å². The van der Waals surface area contributed by atoms with Gasteiger partial charge < -0.3 is 0 Å². The molecule has 13 rings (SSSR count).